The van der Waals surface area contributed by atoms with Gasteiger partial charge in [-0.15, -0.1) is 0 Å². The maximum absolute atomic E-state index is 13.7. The summed E-state index contributed by atoms with van der Waals surface area (Å²) in [7, 11) is 1.36. The van der Waals surface area contributed by atoms with Gasteiger partial charge in [-0.25, -0.2) is 4.39 Å². The molecule has 0 atom stereocenters. The van der Waals surface area contributed by atoms with E-state index in [0.717, 1.165) is 37.1 Å². The molecule has 1 aromatic rings. The first-order chi connectivity index (χ1) is 8.15. The van der Waals surface area contributed by atoms with Gasteiger partial charge >= 0.3 is 0 Å². The van der Waals surface area contributed by atoms with Crippen LogP contribution in [-0.2, 0) is 0 Å². The normalized spacial score (nSPS) is 17.1. The zero-order valence-electron chi connectivity index (χ0n) is 10.2. The van der Waals surface area contributed by atoms with Gasteiger partial charge in [-0.2, -0.15) is 0 Å². The fourth-order valence-corrected chi connectivity index (χ4v) is 2.48. The Morgan fingerprint density at radius 1 is 1.41 bits per heavy atom. The molecule has 0 aromatic heterocycles. The molecule has 0 amide bonds. The number of rotatable bonds is 2. The predicted octanol–water partition coefficient (Wildman–Crippen LogP) is 2.32. The van der Waals surface area contributed by atoms with Crippen LogP contribution in [0.15, 0.2) is 6.07 Å². The maximum atomic E-state index is 13.7. The molecular weight excluding hydrogens is 221 g/mol. The van der Waals surface area contributed by atoms with E-state index in [1.807, 2.05) is 6.92 Å². The molecule has 0 unspecified atom stereocenters. The Hall–Kier alpha value is -1.29. The largest absolute Gasteiger partial charge is 0.504 e. The van der Waals surface area contributed by atoms with Gasteiger partial charge in [0.05, 0.1) is 7.11 Å². The molecule has 3 nitrogen and oxygen atoms in total. The van der Waals surface area contributed by atoms with Crippen molar-refractivity contribution in [2.75, 3.05) is 20.2 Å². The Morgan fingerprint density at radius 2 is 2.06 bits per heavy atom. The molecule has 0 bridgehead atoms. The van der Waals surface area contributed by atoms with Gasteiger partial charge in [-0.1, -0.05) is 0 Å². The minimum Gasteiger partial charge on any atom is -0.504 e. The Labute approximate surface area is 101 Å². The number of phenolic OH excluding ortho intramolecular Hbond substituents is 1. The highest BCUT2D eigenvalue weighted by Crippen LogP contribution is 2.39. The quantitative estimate of drug-likeness (QED) is 0.832. The zero-order chi connectivity index (χ0) is 12.4. The van der Waals surface area contributed by atoms with Crippen LogP contribution in [0, 0.1) is 12.7 Å². The summed E-state index contributed by atoms with van der Waals surface area (Å²) < 4.78 is 18.6. The molecule has 17 heavy (non-hydrogen) atoms. The number of phenols is 1. The molecule has 1 saturated heterocycles. The van der Waals surface area contributed by atoms with Crippen molar-refractivity contribution >= 4 is 0 Å². The van der Waals surface area contributed by atoms with E-state index >= 15 is 0 Å². The van der Waals surface area contributed by atoms with Crippen molar-refractivity contribution in [1.29, 1.82) is 0 Å². The van der Waals surface area contributed by atoms with E-state index in [9.17, 15) is 9.50 Å². The van der Waals surface area contributed by atoms with Crippen LogP contribution >= 0.6 is 0 Å². The lowest BCUT2D eigenvalue weighted by molar-refractivity contribution is 0.347. The number of aromatic hydroxyl groups is 1. The van der Waals surface area contributed by atoms with E-state index in [1.165, 1.54) is 13.2 Å². The van der Waals surface area contributed by atoms with Gasteiger partial charge in [-0.3, -0.25) is 0 Å². The first-order valence-corrected chi connectivity index (χ1v) is 5.91. The van der Waals surface area contributed by atoms with E-state index in [0.29, 0.717) is 5.92 Å². The van der Waals surface area contributed by atoms with Gasteiger partial charge in [0.15, 0.2) is 17.3 Å². The molecule has 0 aliphatic carbocycles. The Bertz CT molecular complexity index is 414. The number of hydrogen-bond donors (Lipinski definition) is 2. The molecule has 1 heterocycles. The molecule has 0 spiro atoms. The molecule has 1 fully saturated rings. The molecule has 2 N–H and O–H groups in total. The minimum atomic E-state index is -0.482. The van der Waals surface area contributed by atoms with Crippen LogP contribution < -0.4 is 10.1 Å². The molecule has 0 radical (unpaired) electrons. The number of hydrogen-bond acceptors (Lipinski definition) is 3. The Balaban J connectivity index is 2.40. The van der Waals surface area contributed by atoms with Crippen molar-refractivity contribution in [2.24, 2.45) is 0 Å². The summed E-state index contributed by atoms with van der Waals surface area (Å²) in [5.74, 6) is -0.284. The first-order valence-electron chi connectivity index (χ1n) is 5.91. The van der Waals surface area contributed by atoms with Gasteiger partial charge < -0.3 is 15.2 Å². The molecular formula is C13H18FNO2. The molecule has 1 aliphatic heterocycles. The summed E-state index contributed by atoms with van der Waals surface area (Å²) in [4.78, 5) is 0. The van der Waals surface area contributed by atoms with Crippen molar-refractivity contribution in [2.45, 2.75) is 25.7 Å². The molecule has 1 aromatic carbocycles. The van der Waals surface area contributed by atoms with Crippen molar-refractivity contribution in [1.82, 2.24) is 5.32 Å². The summed E-state index contributed by atoms with van der Waals surface area (Å²) >= 11 is 0. The van der Waals surface area contributed by atoms with E-state index in [1.54, 1.807) is 0 Å². The summed E-state index contributed by atoms with van der Waals surface area (Å²) in [6.45, 7) is 3.70. The Morgan fingerprint density at radius 3 is 2.65 bits per heavy atom. The third kappa shape index (κ3) is 2.22. The topological polar surface area (TPSA) is 41.5 Å². The van der Waals surface area contributed by atoms with Crippen LogP contribution in [-0.4, -0.2) is 25.3 Å². The van der Waals surface area contributed by atoms with Gasteiger partial charge in [0, 0.05) is 0 Å². The number of nitrogens with one attached hydrogen (secondary N) is 1. The molecule has 2 rings (SSSR count). The lowest BCUT2D eigenvalue weighted by Gasteiger charge is -2.25. The first kappa shape index (κ1) is 12.2. The van der Waals surface area contributed by atoms with Crippen LogP contribution in [0.2, 0.25) is 0 Å². The number of methoxy groups -OCH3 is 1. The van der Waals surface area contributed by atoms with Crippen molar-refractivity contribution < 1.29 is 14.2 Å². The van der Waals surface area contributed by atoms with Gasteiger partial charge in [-0.05, 0) is 56.0 Å². The van der Waals surface area contributed by atoms with Crippen LogP contribution in [0.4, 0.5) is 4.39 Å². The summed E-state index contributed by atoms with van der Waals surface area (Å²) in [6.07, 6.45) is 1.96. The number of benzene rings is 1. The number of ether oxygens (including phenoxy) is 1. The number of halogens is 1. The monoisotopic (exact) mass is 239 g/mol. The second kappa shape index (κ2) is 4.92. The smallest absolute Gasteiger partial charge is 0.196 e. The molecule has 1 aliphatic rings. The highest BCUT2D eigenvalue weighted by atomic mass is 19.1. The third-order valence-corrected chi connectivity index (χ3v) is 3.49. The van der Waals surface area contributed by atoms with Crippen LogP contribution in [0.5, 0.6) is 11.5 Å². The van der Waals surface area contributed by atoms with E-state index < -0.39 is 5.82 Å². The highest BCUT2D eigenvalue weighted by molar-refractivity contribution is 5.51. The lowest BCUT2D eigenvalue weighted by Crippen LogP contribution is -2.27. The molecule has 94 valence electrons. The maximum Gasteiger partial charge on any atom is 0.196 e. The Kier molecular flexibility index (Phi) is 3.52. The second-order valence-electron chi connectivity index (χ2n) is 4.48. The van der Waals surface area contributed by atoms with E-state index in [2.05, 4.69) is 5.32 Å². The summed E-state index contributed by atoms with van der Waals surface area (Å²) in [6, 6.07) is 1.50. The average molecular weight is 239 g/mol. The standard InChI is InChI=1S/C13H18FNO2/c1-8-10(9-3-5-15-6-4-9)7-11(14)13(17-2)12(8)16/h7,9,15-16H,3-6H2,1-2H3. The van der Waals surface area contributed by atoms with Crippen molar-refractivity contribution in [3.05, 3.63) is 23.0 Å². The minimum absolute atomic E-state index is 0.0554. The van der Waals surface area contributed by atoms with Crippen LogP contribution in [0.3, 0.4) is 0 Å². The van der Waals surface area contributed by atoms with E-state index in [-0.39, 0.29) is 11.5 Å². The van der Waals surface area contributed by atoms with Gasteiger partial charge in [0.2, 0.25) is 0 Å². The van der Waals surface area contributed by atoms with Gasteiger partial charge in [0.1, 0.15) is 0 Å². The lowest BCUT2D eigenvalue weighted by atomic mass is 9.87. The average Bonchev–Trinajstić information content (AvgIpc) is 2.35. The summed E-state index contributed by atoms with van der Waals surface area (Å²) in [5, 5.41) is 13.2. The third-order valence-electron chi connectivity index (χ3n) is 3.49. The molecule has 0 saturated carbocycles. The van der Waals surface area contributed by atoms with E-state index in [4.69, 9.17) is 4.74 Å². The van der Waals surface area contributed by atoms with Gasteiger partial charge in [0.25, 0.3) is 0 Å². The van der Waals surface area contributed by atoms with Crippen LogP contribution in [0.25, 0.3) is 0 Å². The number of piperidine rings is 1. The van der Waals surface area contributed by atoms with Crippen LogP contribution in [0.1, 0.15) is 29.9 Å². The molecule has 4 heteroatoms. The predicted molar refractivity (Wildman–Crippen MR) is 64.2 cm³/mol. The SMILES string of the molecule is COc1c(F)cc(C2CCNCC2)c(C)c1O. The fraction of sp³-hybridized carbons (Fsp3) is 0.538. The fourth-order valence-electron chi connectivity index (χ4n) is 2.48. The highest BCUT2D eigenvalue weighted by Gasteiger charge is 2.22. The second-order valence-corrected chi connectivity index (χ2v) is 4.48. The van der Waals surface area contributed by atoms with Crippen molar-refractivity contribution in [3.8, 4) is 11.5 Å². The van der Waals surface area contributed by atoms with Crippen molar-refractivity contribution in [3.63, 3.8) is 0 Å². The summed E-state index contributed by atoms with van der Waals surface area (Å²) in [5.41, 5.74) is 1.64. The zero-order valence-corrected chi connectivity index (χ0v) is 10.2.